The molecular formula is C15H20ClN3O2S. The number of nitrogens with zero attached hydrogens (tertiary/aromatic N) is 2. The quantitative estimate of drug-likeness (QED) is 0.907. The van der Waals surface area contributed by atoms with Crippen molar-refractivity contribution in [1.29, 1.82) is 0 Å². The van der Waals surface area contributed by atoms with Crippen LogP contribution in [0.5, 0.6) is 0 Å². The second-order valence-corrected chi connectivity index (χ2v) is 7.31. The van der Waals surface area contributed by atoms with Gasteiger partial charge in [0, 0.05) is 37.3 Å². The minimum Gasteiger partial charge on any atom is -0.314 e. The molecule has 0 radical (unpaired) electrons. The SMILES string of the molecule is Cc1ccc(S(=O)(=O)N2CCNC[C@@H]2C)c2cccnc12.Cl. The molecule has 0 spiro atoms. The van der Waals surface area contributed by atoms with Crippen molar-refractivity contribution in [3.63, 3.8) is 0 Å². The highest BCUT2D eigenvalue weighted by Gasteiger charge is 2.32. The number of benzene rings is 1. The molecule has 1 N–H and O–H groups in total. The van der Waals surface area contributed by atoms with E-state index >= 15 is 0 Å². The predicted molar refractivity (Wildman–Crippen MR) is 90.0 cm³/mol. The summed E-state index contributed by atoms with van der Waals surface area (Å²) in [6.07, 6.45) is 1.69. The Labute approximate surface area is 137 Å². The van der Waals surface area contributed by atoms with Crippen LogP contribution < -0.4 is 5.32 Å². The summed E-state index contributed by atoms with van der Waals surface area (Å²) in [7, 11) is -3.50. The van der Waals surface area contributed by atoms with Gasteiger partial charge in [0.1, 0.15) is 0 Å². The molecule has 22 heavy (non-hydrogen) atoms. The number of hydrogen-bond donors (Lipinski definition) is 1. The van der Waals surface area contributed by atoms with Gasteiger partial charge in [0.25, 0.3) is 0 Å². The van der Waals surface area contributed by atoms with E-state index in [1.54, 1.807) is 22.6 Å². The lowest BCUT2D eigenvalue weighted by Gasteiger charge is -2.33. The highest BCUT2D eigenvalue weighted by Crippen LogP contribution is 2.28. The summed E-state index contributed by atoms with van der Waals surface area (Å²) < 4.78 is 27.6. The van der Waals surface area contributed by atoms with E-state index in [0.717, 1.165) is 11.1 Å². The van der Waals surface area contributed by atoms with Gasteiger partial charge in [0.05, 0.1) is 10.4 Å². The van der Waals surface area contributed by atoms with Crippen LogP contribution in [0, 0.1) is 6.92 Å². The maximum atomic E-state index is 13.0. The maximum absolute atomic E-state index is 13.0. The van der Waals surface area contributed by atoms with Gasteiger partial charge in [-0.1, -0.05) is 6.07 Å². The van der Waals surface area contributed by atoms with Gasteiger partial charge < -0.3 is 5.32 Å². The predicted octanol–water partition coefficient (Wildman–Crippen LogP) is 1.95. The first-order valence-electron chi connectivity index (χ1n) is 7.08. The van der Waals surface area contributed by atoms with Gasteiger partial charge in [-0.15, -0.1) is 12.4 Å². The lowest BCUT2D eigenvalue weighted by atomic mass is 10.1. The number of pyridine rings is 1. The van der Waals surface area contributed by atoms with E-state index in [1.165, 1.54) is 0 Å². The summed E-state index contributed by atoms with van der Waals surface area (Å²) in [6.45, 7) is 5.74. The van der Waals surface area contributed by atoms with E-state index < -0.39 is 10.0 Å². The third-order valence-corrected chi connectivity index (χ3v) is 6.03. The monoisotopic (exact) mass is 341 g/mol. The van der Waals surface area contributed by atoms with E-state index in [2.05, 4.69) is 10.3 Å². The topological polar surface area (TPSA) is 62.3 Å². The van der Waals surface area contributed by atoms with Gasteiger partial charge in [0.15, 0.2) is 0 Å². The molecule has 2 heterocycles. The number of hydrogen-bond acceptors (Lipinski definition) is 4. The van der Waals surface area contributed by atoms with Crippen LogP contribution in [0.2, 0.25) is 0 Å². The van der Waals surface area contributed by atoms with Gasteiger partial charge in [-0.3, -0.25) is 4.98 Å². The summed E-state index contributed by atoms with van der Waals surface area (Å²) >= 11 is 0. The number of rotatable bonds is 2. The van der Waals surface area contributed by atoms with Crippen molar-refractivity contribution in [2.75, 3.05) is 19.6 Å². The second-order valence-electron chi connectivity index (χ2n) is 5.45. The van der Waals surface area contributed by atoms with Gasteiger partial charge >= 0.3 is 0 Å². The van der Waals surface area contributed by atoms with Crippen LogP contribution in [0.3, 0.4) is 0 Å². The highest BCUT2D eigenvalue weighted by molar-refractivity contribution is 7.89. The number of piperazine rings is 1. The summed E-state index contributed by atoms with van der Waals surface area (Å²) in [4.78, 5) is 4.68. The number of nitrogens with one attached hydrogen (secondary N) is 1. The fraction of sp³-hybridized carbons (Fsp3) is 0.400. The molecule has 0 aliphatic carbocycles. The van der Waals surface area contributed by atoms with Crippen molar-refractivity contribution in [1.82, 2.24) is 14.6 Å². The number of aromatic nitrogens is 1. The lowest BCUT2D eigenvalue weighted by molar-refractivity contribution is 0.284. The third-order valence-electron chi connectivity index (χ3n) is 3.96. The van der Waals surface area contributed by atoms with Crippen LogP contribution in [0.1, 0.15) is 12.5 Å². The molecule has 0 amide bonds. The Balaban J connectivity index is 0.00000176. The van der Waals surface area contributed by atoms with Crippen LogP contribution >= 0.6 is 12.4 Å². The summed E-state index contributed by atoms with van der Waals surface area (Å²) in [5, 5.41) is 3.91. The van der Waals surface area contributed by atoms with Crippen molar-refractivity contribution in [3.8, 4) is 0 Å². The van der Waals surface area contributed by atoms with Gasteiger partial charge in [-0.25, -0.2) is 8.42 Å². The second kappa shape index (κ2) is 6.50. The Morgan fingerprint density at radius 1 is 1.32 bits per heavy atom. The lowest BCUT2D eigenvalue weighted by Crippen LogP contribution is -2.52. The molecule has 1 aromatic heterocycles. The first kappa shape index (κ1) is 17.1. The van der Waals surface area contributed by atoms with Crippen LogP contribution in [0.25, 0.3) is 10.9 Å². The zero-order chi connectivity index (χ0) is 15.0. The normalized spacial score (nSPS) is 19.8. The summed E-state index contributed by atoms with van der Waals surface area (Å²) in [6, 6.07) is 7.09. The van der Waals surface area contributed by atoms with Crippen LogP contribution in [-0.4, -0.2) is 43.4 Å². The maximum Gasteiger partial charge on any atom is 0.244 e. The largest absolute Gasteiger partial charge is 0.314 e. The molecular weight excluding hydrogens is 322 g/mol. The van der Waals surface area contributed by atoms with Gasteiger partial charge in [-0.05, 0) is 37.6 Å². The smallest absolute Gasteiger partial charge is 0.244 e. The van der Waals surface area contributed by atoms with E-state index in [-0.39, 0.29) is 18.4 Å². The van der Waals surface area contributed by atoms with Gasteiger partial charge in [0.2, 0.25) is 10.0 Å². The molecule has 5 nitrogen and oxygen atoms in total. The Hall–Kier alpha value is -1.21. The minimum absolute atomic E-state index is 0. The Kier molecular flexibility index (Phi) is 5.07. The molecule has 7 heteroatoms. The average Bonchev–Trinajstić information content (AvgIpc) is 2.48. The zero-order valence-electron chi connectivity index (χ0n) is 12.6. The first-order valence-corrected chi connectivity index (χ1v) is 8.53. The van der Waals surface area contributed by atoms with Crippen molar-refractivity contribution in [2.24, 2.45) is 0 Å². The molecule has 0 unspecified atom stereocenters. The number of sulfonamides is 1. The zero-order valence-corrected chi connectivity index (χ0v) is 14.2. The van der Waals surface area contributed by atoms with Crippen molar-refractivity contribution in [3.05, 3.63) is 36.0 Å². The molecule has 1 fully saturated rings. The molecule has 120 valence electrons. The van der Waals surface area contributed by atoms with Gasteiger partial charge in [-0.2, -0.15) is 4.31 Å². The standard InChI is InChI=1S/C15H19N3O2S.ClH/c1-11-5-6-14(13-4-3-7-17-15(11)13)21(19,20)18-9-8-16-10-12(18)2;/h3-7,12,16H,8-10H2,1-2H3;1H/t12-;/m0./s1. The fourth-order valence-electron chi connectivity index (χ4n) is 2.82. The van der Waals surface area contributed by atoms with E-state index in [4.69, 9.17) is 0 Å². The molecule has 1 aliphatic rings. The fourth-order valence-corrected chi connectivity index (χ4v) is 4.63. The first-order chi connectivity index (χ1) is 10.0. The molecule has 1 aromatic carbocycles. The van der Waals surface area contributed by atoms with E-state index in [1.807, 2.05) is 26.0 Å². The third kappa shape index (κ3) is 2.84. The number of fused-ring (bicyclic) bond motifs is 1. The molecule has 0 saturated carbocycles. The Morgan fingerprint density at radius 2 is 2.09 bits per heavy atom. The Morgan fingerprint density at radius 3 is 2.82 bits per heavy atom. The molecule has 3 rings (SSSR count). The summed E-state index contributed by atoms with van der Waals surface area (Å²) in [5.41, 5.74) is 1.74. The van der Waals surface area contributed by atoms with Crippen LogP contribution in [0.4, 0.5) is 0 Å². The van der Waals surface area contributed by atoms with Crippen molar-refractivity contribution >= 4 is 33.3 Å². The average molecular weight is 342 g/mol. The Bertz CT molecular complexity index is 779. The molecule has 0 bridgehead atoms. The van der Waals surface area contributed by atoms with Crippen LogP contribution in [0.15, 0.2) is 35.4 Å². The number of aryl methyl sites for hydroxylation is 1. The highest BCUT2D eigenvalue weighted by atomic mass is 35.5. The van der Waals surface area contributed by atoms with E-state index in [0.29, 0.717) is 29.9 Å². The molecule has 1 aliphatic heterocycles. The molecule has 1 atom stereocenters. The summed E-state index contributed by atoms with van der Waals surface area (Å²) in [5.74, 6) is 0. The van der Waals surface area contributed by atoms with Crippen LogP contribution in [-0.2, 0) is 10.0 Å². The minimum atomic E-state index is -3.50. The molecule has 2 aromatic rings. The van der Waals surface area contributed by atoms with E-state index in [9.17, 15) is 8.42 Å². The number of halogens is 1. The molecule has 1 saturated heterocycles. The van der Waals surface area contributed by atoms with Crippen molar-refractivity contribution in [2.45, 2.75) is 24.8 Å². The van der Waals surface area contributed by atoms with Crippen molar-refractivity contribution < 1.29 is 8.42 Å².